The van der Waals surface area contributed by atoms with E-state index in [1.54, 1.807) is 6.20 Å². The minimum Gasteiger partial charge on any atom is -0.325 e. The van der Waals surface area contributed by atoms with Gasteiger partial charge >= 0.3 is 0 Å². The van der Waals surface area contributed by atoms with Crippen molar-refractivity contribution in [2.75, 3.05) is 11.1 Å². The van der Waals surface area contributed by atoms with Gasteiger partial charge in [-0.1, -0.05) is 30.8 Å². The maximum Gasteiger partial charge on any atom is 0.234 e. The van der Waals surface area contributed by atoms with Gasteiger partial charge in [0.1, 0.15) is 0 Å². The molecule has 0 bridgehead atoms. The van der Waals surface area contributed by atoms with E-state index in [4.69, 9.17) is 0 Å². The number of nitrogens with one attached hydrogen (secondary N) is 1. The molecule has 0 saturated carbocycles. The number of imidazole rings is 1. The van der Waals surface area contributed by atoms with Crippen LogP contribution < -0.4 is 5.32 Å². The molecule has 0 aliphatic rings. The van der Waals surface area contributed by atoms with Gasteiger partial charge in [-0.3, -0.25) is 9.78 Å². The molecule has 0 aliphatic heterocycles. The molecule has 0 saturated heterocycles. The fourth-order valence-electron chi connectivity index (χ4n) is 2.93. The Hall–Kier alpha value is -2.60. The standard InChI is InChI=1S/C21H24N4OS/c1-4-16-8-9-18(15(3)11-16)24-20(26)14-27-21-23-13-19(25(21)5-2)17-7-6-10-22-12-17/h6-13H,4-5,14H2,1-3H3,(H,24,26). The third-order valence-electron chi connectivity index (χ3n) is 4.40. The van der Waals surface area contributed by atoms with Crippen LogP contribution in [0.2, 0.25) is 0 Å². The predicted molar refractivity (Wildman–Crippen MR) is 111 cm³/mol. The molecule has 6 heteroatoms. The Kier molecular flexibility index (Phi) is 6.29. The number of anilines is 1. The maximum atomic E-state index is 12.4. The lowest BCUT2D eigenvalue weighted by molar-refractivity contribution is -0.113. The Balaban J connectivity index is 1.66. The van der Waals surface area contributed by atoms with E-state index >= 15 is 0 Å². The first kappa shape index (κ1) is 19.2. The first-order chi connectivity index (χ1) is 13.1. The van der Waals surface area contributed by atoms with Crippen LogP contribution in [0.4, 0.5) is 5.69 Å². The molecule has 0 fully saturated rings. The summed E-state index contributed by atoms with van der Waals surface area (Å²) in [6.45, 7) is 7.00. The Morgan fingerprint density at radius 3 is 2.74 bits per heavy atom. The van der Waals surface area contributed by atoms with Crippen LogP contribution >= 0.6 is 11.8 Å². The topological polar surface area (TPSA) is 59.8 Å². The molecular weight excluding hydrogens is 356 g/mol. The number of benzene rings is 1. The summed E-state index contributed by atoms with van der Waals surface area (Å²) in [5, 5.41) is 3.84. The molecule has 0 unspecified atom stereocenters. The summed E-state index contributed by atoms with van der Waals surface area (Å²) in [5.41, 5.74) is 5.26. The van der Waals surface area contributed by atoms with Crippen LogP contribution in [0.15, 0.2) is 54.1 Å². The molecule has 2 heterocycles. The highest BCUT2D eigenvalue weighted by molar-refractivity contribution is 7.99. The minimum atomic E-state index is -0.0269. The van der Waals surface area contributed by atoms with Gasteiger partial charge in [-0.05, 0) is 49.6 Å². The summed E-state index contributed by atoms with van der Waals surface area (Å²) in [5.74, 6) is 0.291. The van der Waals surface area contributed by atoms with Gasteiger partial charge < -0.3 is 9.88 Å². The van der Waals surface area contributed by atoms with Crippen LogP contribution in [0.5, 0.6) is 0 Å². The summed E-state index contributed by atoms with van der Waals surface area (Å²) < 4.78 is 2.11. The van der Waals surface area contributed by atoms with E-state index in [1.807, 2.05) is 37.5 Å². The molecule has 0 radical (unpaired) electrons. The van der Waals surface area contributed by atoms with Crippen molar-refractivity contribution in [1.29, 1.82) is 0 Å². The third kappa shape index (κ3) is 4.57. The van der Waals surface area contributed by atoms with Crippen molar-refractivity contribution in [2.45, 2.75) is 38.9 Å². The highest BCUT2D eigenvalue weighted by Crippen LogP contribution is 2.26. The number of rotatable bonds is 7. The highest BCUT2D eigenvalue weighted by Gasteiger charge is 2.13. The largest absolute Gasteiger partial charge is 0.325 e. The van der Waals surface area contributed by atoms with Crippen LogP contribution in [0.3, 0.4) is 0 Å². The quantitative estimate of drug-likeness (QED) is 0.610. The predicted octanol–water partition coefficient (Wildman–Crippen LogP) is 4.57. The minimum absolute atomic E-state index is 0.0269. The summed E-state index contributed by atoms with van der Waals surface area (Å²) in [4.78, 5) is 21.1. The van der Waals surface area contributed by atoms with Crippen LogP contribution in [0, 0.1) is 6.92 Å². The number of nitrogens with zero attached hydrogens (tertiary/aromatic N) is 3. The Morgan fingerprint density at radius 1 is 1.22 bits per heavy atom. The molecule has 3 aromatic rings. The van der Waals surface area contributed by atoms with Gasteiger partial charge in [0, 0.05) is 30.2 Å². The second kappa shape index (κ2) is 8.86. The number of hydrogen-bond acceptors (Lipinski definition) is 4. The van der Waals surface area contributed by atoms with Crippen LogP contribution in [0.1, 0.15) is 25.0 Å². The first-order valence-corrected chi connectivity index (χ1v) is 10.1. The van der Waals surface area contributed by atoms with Crippen molar-refractivity contribution in [3.8, 4) is 11.3 Å². The number of amides is 1. The van der Waals surface area contributed by atoms with E-state index in [-0.39, 0.29) is 5.91 Å². The van der Waals surface area contributed by atoms with Crippen molar-refractivity contribution in [3.05, 3.63) is 60.0 Å². The molecule has 0 spiro atoms. The smallest absolute Gasteiger partial charge is 0.234 e. The Morgan fingerprint density at radius 2 is 2.07 bits per heavy atom. The third-order valence-corrected chi connectivity index (χ3v) is 5.39. The van der Waals surface area contributed by atoms with Crippen molar-refractivity contribution in [2.24, 2.45) is 0 Å². The molecular formula is C21H24N4OS. The SMILES string of the molecule is CCc1ccc(NC(=O)CSc2ncc(-c3cccnc3)n2CC)c(C)c1. The van der Waals surface area contributed by atoms with Gasteiger partial charge in [0.2, 0.25) is 5.91 Å². The van der Waals surface area contributed by atoms with Crippen LogP contribution in [0.25, 0.3) is 11.3 Å². The zero-order valence-corrected chi connectivity index (χ0v) is 16.7. The molecule has 27 heavy (non-hydrogen) atoms. The van der Waals surface area contributed by atoms with Gasteiger partial charge in [0.15, 0.2) is 5.16 Å². The molecule has 1 N–H and O–H groups in total. The summed E-state index contributed by atoms with van der Waals surface area (Å²) in [6.07, 6.45) is 6.41. The highest BCUT2D eigenvalue weighted by atomic mass is 32.2. The first-order valence-electron chi connectivity index (χ1n) is 9.10. The number of aryl methyl sites for hydroxylation is 2. The fourth-order valence-corrected chi connectivity index (χ4v) is 3.77. The molecule has 3 rings (SSSR count). The summed E-state index contributed by atoms with van der Waals surface area (Å²) >= 11 is 1.45. The van der Waals surface area contributed by atoms with Crippen molar-refractivity contribution < 1.29 is 4.79 Å². The van der Waals surface area contributed by atoms with Crippen molar-refractivity contribution >= 4 is 23.4 Å². The van der Waals surface area contributed by atoms with E-state index in [0.29, 0.717) is 5.75 Å². The maximum absolute atomic E-state index is 12.4. The molecule has 5 nitrogen and oxygen atoms in total. The van der Waals surface area contributed by atoms with E-state index in [0.717, 1.165) is 40.6 Å². The fraction of sp³-hybridized carbons (Fsp3) is 0.286. The van der Waals surface area contributed by atoms with Gasteiger partial charge in [-0.15, -0.1) is 0 Å². The number of carbonyl (C=O) groups is 1. The van der Waals surface area contributed by atoms with Crippen LogP contribution in [-0.2, 0) is 17.8 Å². The van der Waals surface area contributed by atoms with Crippen LogP contribution in [-0.4, -0.2) is 26.2 Å². The Labute approximate surface area is 164 Å². The van der Waals surface area contributed by atoms with Crippen molar-refractivity contribution in [3.63, 3.8) is 0 Å². The number of thioether (sulfide) groups is 1. The number of hydrogen-bond donors (Lipinski definition) is 1. The van der Waals surface area contributed by atoms with E-state index in [9.17, 15) is 4.79 Å². The van der Waals surface area contributed by atoms with E-state index in [2.05, 4.69) is 45.8 Å². The van der Waals surface area contributed by atoms with Crippen molar-refractivity contribution in [1.82, 2.24) is 14.5 Å². The number of carbonyl (C=O) groups excluding carboxylic acids is 1. The normalized spacial score (nSPS) is 10.8. The van der Waals surface area contributed by atoms with Gasteiger partial charge in [0.05, 0.1) is 17.6 Å². The van der Waals surface area contributed by atoms with Gasteiger partial charge in [-0.25, -0.2) is 4.98 Å². The number of pyridine rings is 1. The summed E-state index contributed by atoms with van der Waals surface area (Å²) in [6, 6.07) is 10.1. The molecule has 1 aromatic carbocycles. The lowest BCUT2D eigenvalue weighted by atomic mass is 10.1. The lowest BCUT2D eigenvalue weighted by Crippen LogP contribution is -2.15. The zero-order valence-electron chi connectivity index (χ0n) is 15.9. The van der Waals surface area contributed by atoms with E-state index in [1.165, 1.54) is 17.3 Å². The summed E-state index contributed by atoms with van der Waals surface area (Å²) in [7, 11) is 0. The molecule has 0 aliphatic carbocycles. The average molecular weight is 381 g/mol. The van der Waals surface area contributed by atoms with Gasteiger partial charge in [-0.2, -0.15) is 0 Å². The lowest BCUT2D eigenvalue weighted by Gasteiger charge is -2.11. The molecule has 1 amide bonds. The Bertz CT molecular complexity index is 921. The second-order valence-corrected chi connectivity index (χ2v) is 7.19. The van der Waals surface area contributed by atoms with Gasteiger partial charge in [0.25, 0.3) is 0 Å². The van der Waals surface area contributed by atoms with E-state index < -0.39 is 0 Å². The molecule has 140 valence electrons. The molecule has 2 aromatic heterocycles. The monoisotopic (exact) mass is 380 g/mol. The number of aromatic nitrogens is 3. The average Bonchev–Trinajstić information content (AvgIpc) is 3.11. The molecule has 0 atom stereocenters. The second-order valence-electron chi connectivity index (χ2n) is 6.25. The zero-order chi connectivity index (χ0) is 19.2.